The molecule has 0 aliphatic rings. The zero-order chi connectivity index (χ0) is 22.0. The largest absolute Gasteiger partial charge is 0.492 e. The summed E-state index contributed by atoms with van der Waals surface area (Å²) in [6.07, 6.45) is 0.785. The Kier molecular flexibility index (Phi) is 8.85. The van der Waals surface area contributed by atoms with E-state index >= 15 is 0 Å². The molecule has 0 fully saturated rings. The molecule has 29 heavy (non-hydrogen) atoms. The maximum atomic E-state index is 6.42. The number of benzene rings is 2. The zero-order valence-corrected chi connectivity index (χ0v) is 23.6. The van der Waals surface area contributed by atoms with Gasteiger partial charge in [0.25, 0.3) is 0 Å². The van der Waals surface area contributed by atoms with Gasteiger partial charge in [0.15, 0.2) is 0 Å². The third-order valence-electron chi connectivity index (χ3n) is 4.46. The fraction of sp³-hybridized carbons (Fsp3) is 0.478. The predicted molar refractivity (Wildman–Crippen MR) is 141 cm³/mol. The molecule has 0 spiro atoms. The molecule has 2 nitrogen and oxygen atoms in total. The lowest BCUT2D eigenvalue weighted by atomic mass is 9.87. The molecular formula is C23H28Cl2I2O2. The Labute approximate surface area is 212 Å². The van der Waals surface area contributed by atoms with Crippen molar-refractivity contribution >= 4 is 68.4 Å². The molecule has 0 aromatic heterocycles. The lowest BCUT2D eigenvalue weighted by Gasteiger charge is -2.23. The van der Waals surface area contributed by atoms with E-state index in [4.69, 9.17) is 32.7 Å². The van der Waals surface area contributed by atoms with Crippen LogP contribution >= 0.6 is 68.4 Å². The monoisotopic (exact) mass is 660 g/mol. The molecule has 0 radical (unpaired) electrons. The third-order valence-corrected chi connectivity index (χ3v) is 6.77. The van der Waals surface area contributed by atoms with Gasteiger partial charge >= 0.3 is 0 Å². The first-order chi connectivity index (χ1) is 13.3. The topological polar surface area (TPSA) is 18.5 Å². The highest BCUT2D eigenvalue weighted by atomic mass is 127. The predicted octanol–water partition coefficient (Wildman–Crippen LogP) is 8.65. The van der Waals surface area contributed by atoms with E-state index in [-0.39, 0.29) is 10.8 Å². The number of hydrogen-bond donors (Lipinski definition) is 0. The van der Waals surface area contributed by atoms with Gasteiger partial charge in [-0.2, -0.15) is 0 Å². The fourth-order valence-corrected chi connectivity index (χ4v) is 5.36. The molecule has 0 saturated heterocycles. The van der Waals surface area contributed by atoms with Crippen LogP contribution in [0.1, 0.15) is 59.1 Å². The number of hydrogen-bond acceptors (Lipinski definition) is 2. The van der Waals surface area contributed by atoms with Crippen molar-refractivity contribution in [2.45, 2.75) is 58.8 Å². The molecule has 6 heteroatoms. The molecule has 2 aromatic carbocycles. The van der Waals surface area contributed by atoms with Gasteiger partial charge < -0.3 is 9.47 Å². The second-order valence-corrected chi connectivity index (χ2v) is 12.2. The van der Waals surface area contributed by atoms with Crippen LogP contribution in [0.3, 0.4) is 0 Å². The average Bonchev–Trinajstić information content (AvgIpc) is 2.55. The van der Waals surface area contributed by atoms with E-state index in [0.717, 1.165) is 46.2 Å². The Hall–Kier alpha value is 0.0800. The van der Waals surface area contributed by atoms with Crippen LogP contribution in [0.15, 0.2) is 24.3 Å². The highest BCUT2D eigenvalue weighted by molar-refractivity contribution is 14.1. The van der Waals surface area contributed by atoms with Gasteiger partial charge in [-0.25, -0.2) is 0 Å². The molecular weight excluding hydrogens is 633 g/mol. The van der Waals surface area contributed by atoms with Crippen molar-refractivity contribution in [3.05, 3.63) is 52.6 Å². The Bertz CT molecular complexity index is 797. The summed E-state index contributed by atoms with van der Waals surface area (Å²) in [5.41, 5.74) is 2.13. The summed E-state index contributed by atoms with van der Waals surface area (Å²) >= 11 is 17.4. The lowest BCUT2D eigenvalue weighted by molar-refractivity contribution is 0.245. The van der Waals surface area contributed by atoms with Gasteiger partial charge in [0.2, 0.25) is 0 Å². The zero-order valence-electron chi connectivity index (χ0n) is 17.8. The molecule has 0 atom stereocenters. The van der Waals surface area contributed by atoms with Crippen LogP contribution in [0.2, 0.25) is 10.0 Å². The van der Waals surface area contributed by atoms with Gasteiger partial charge in [-0.3, -0.25) is 0 Å². The highest BCUT2D eigenvalue weighted by Gasteiger charge is 2.21. The maximum Gasteiger partial charge on any atom is 0.133 e. The maximum absolute atomic E-state index is 6.42. The van der Waals surface area contributed by atoms with Gasteiger partial charge in [0.1, 0.15) is 11.5 Å². The van der Waals surface area contributed by atoms with Crippen molar-refractivity contribution in [1.82, 2.24) is 0 Å². The lowest BCUT2D eigenvalue weighted by Crippen LogP contribution is -2.14. The first-order valence-corrected chi connectivity index (χ1v) is 12.5. The summed E-state index contributed by atoms with van der Waals surface area (Å²) < 4.78 is 14.1. The third kappa shape index (κ3) is 7.04. The fourth-order valence-electron chi connectivity index (χ4n) is 2.85. The second-order valence-electron chi connectivity index (χ2n) is 9.08. The average molecular weight is 661 g/mol. The van der Waals surface area contributed by atoms with E-state index in [9.17, 15) is 0 Å². The van der Waals surface area contributed by atoms with Crippen molar-refractivity contribution in [3.63, 3.8) is 0 Å². The first-order valence-electron chi connectivity index (χ1n) is 9.55. The second kappa shape index (κ2) is 10.1. The van der Waals surface area contributed by atoms with Gasteiger partial charge in [-0.15, -0.1) is 0 Å². The van der Waals surface area contributed by atoms with E-state index < -0.39 is 0 Å². The molecule has 0 bridgehead atoms. The SMILES string of the molecule is CC(C)(C)c1cc(OCCCOc2cc(C(C)(C)C)c(Cl)cc2I)c(I)cc1Cl. The summed E-state index contributed by atoms with van der Waals surface area (Å²) in [4.78, 5) is 0. The quantitative estimate of drug-likeness (QED) is 0.228. The number of ether oxygens (including phenoxy) is 2. The minimum Gasteiger partial charge on any atom is -0.492 e. The summed E-state index contributed by atoms with van der Waals surface area (Å²) in [5.74, 6) is 1.74. The van der Waals surface area contributed by atoms with Crippen molar-refractivity contribution in [2.24, 2.45) is 0 Å². The first kappa shape index (κ1) is 25.3. The highest BCUT2D eigenvalue weighted by Crippen LogP contribution is 2.37. The van der Waals surface area contributed by atoms with Crippen molar-refractivity contribution in [3.8, 4) is 11.5 Å². The molecule has 0 N–H and O–H groups in total. The molecule has 0 saturated carbocycles. The van der Waals surface area contributed by atoms with Crippen LogP contribution in [0.4, 0.5) is 0 Å². The standard InChI is InChI=1S/C23H28Cl2I2O2/c1-22(2,3)14-10-20(18(26)12-16(14)24)28-8-7-9-29-21-11-15(23(4,5)6)17(25)13-19(21)27/h10-13H,7-9H2,1-6H3. The van der Waals surface area contributed by atoms with Crippen LogP contribution in [0, 0.1) is 7.14 Å². The summed E-state index contributed by atoms with van der Waals surface area (Å²) in [7, 11) is 0. The van der Waals surface area contributed by atoms with Crippen molar-refractivity contribution in [2.75, 3.05) is 13.2 Å². The van der Waals surface area contributed by atoms with Crippen molar-refractivity contribution in [1.29, 1.82) is 0 Å². The van der Waals surface area contributed by atoms with Gasteiger partial charge in [0.05, 0.1) is 20.4 Å². The van der Waals surface area contributed by atoms with Gasteiger partial charge in [-0.05, 0) is 91.4 Å². The van der Waals surface area contributed by atoms with Crippen LogP contribution < -0.4 is 9.47 Å². The van der Waals surface area contributed by atoms with Crippen LogP contribution in [0.5, 0.6) is 11.5 Å². The van der Waals surface area contributed by atoms with E-state index in [1.54, 1.807) is 0 Å². The van der Waals surface area contributed by atoms with Crippen molar-refractivity contribution < 1.29 is 9.47 Å². The molecule has 2 rings (SSSR count). The van der Waals surface area contributed by atoms with E-state index in [1.165, 1.54) is 0 Å². The Balaban J connectivity index is 1.98. The van der Waals surface area contributed by atoms with Gasteiger partial charge in [-0.1, -0.05) is 64.7 Å². The molecule has 0 aliphatic heterocycles. The smallest absolute Gasteiger partial charge is 0.133 e. The van der Waals surface area contributed by atoms with Crippen LogP contribution in [-0.4, -0.2) is 13.2 Å². The van der Waals surface area contributed by atoms with E-state index in [0.29, 0.717) is 13.2 Å². The summed E-state index contributed by atoms with van der Waals surface area (Å²) in [6.45, 7) is 14.1. The molecule has 2 aromatic rings. The molecule has 0 aliphatic carbocycles. The minimum atomic E-state index is -0.0291. The molecule has 0 unspecified atom stereocenters. The Morgan fingerprint density at radius 3 is 1.34 bits per heavy atom. The van der Waals surface area contributed by atoms with Crippen LogP contribution in [0.25, 0.3) is 0 Å². The normalized spacial score (nSPS) is 12.2. The summed E-state index contributed by atoms with van der Waals surface area (Å²) in [5, 5.41) is 1.56. The summed E-state index contributed by atoms with van der Waals surface area (Å²) in [6, 6.07) is 8.06. The molecule has 0 heterocycles. The minimum absolute atomic E-state index is 0.0291. The van der Waals surface area contributed by atoms with Crippen LogP contribution in [-0.2, 0) is 10.8 Å². The van der Waals surface area contributed by atoms with Gasteiger partial charge in [0, 0.05) is 16.5 Å². The van der Waals surface area contributed by atoms with E-state index in [1.807, 2.05) is 12.1 Å². The molecule has 160 valence electrons. The Morgan fingerprint density at radius 2 is 1.03 bits per heavy atom. The van der Waals surface area contributed by atoms with E-state index in [2.05, 4.69) is 98.9 Å². The Morgan fingerprint density at radius 1 is 0.690 bits per heavy atom. The number of rotatable bonds is 6. The number of halogens is 4. The molecule has 0 amide bonds.